The first kappa shape index (κ1) is 14.2. The van der Waals surface area contributed by atoms with Crippen molar-refractivity contribution in [1.29, 1.82) is 0 Å². The SMILES string of the molecule is CCC(CNC1CC1)Oc1ccc(C(F)(F)F)cc1. The molecule has 0 radical (unpaired) electrons. The van der Waals surface area contributed by atoms with Gasteiger partial charge in [0.15, 0.2) is 0 Å². The summed E-state index contributed by atoms with van der Waals surface area (Å²) in [7, 11) is 0. The van der Waals surface area contributed by atoms with Crippen molar-refractivity contribution >= 4 is 0 Å². The summed E-state index contributed by atoms with van der Waals surface area (Å²) < 4.78 is 42.9. The summed E-state index contributed by atoms with van der Waals surface area (Å²) in [5.74, 6) is 0.484. The van der Waals surface area contributed by atoms with Crippen LogP contribution in [0.4, 0.5) is 13.2 Å². The third-order valence-corrected chi connectivity index (χ3v) is 3.15. The molecule has 1 aliphatic rings. The fraction of sp³-hybridized carbons (Fsp3) is 0.571. The van der Waals surface area contributed by atoms with Gasteiger partial charge < -0.3 is 10.1 Å². The van der Waals surface area contributed by atoms with E-state index in [0.717, 1.165) is 25.1 Å². The van der Waals surface area contributed by atoms with Crippen LogP contribution in [0.25, 0.3) is 0 Å². The molecule has 0 amide bonds. The Labute approximate surface area is 111 Å². The van der Waals surface area contributed by atoms with Crippen molar-refractivity contribution < 1.29 is 17.9 Å². The second-order valence-corrected chi connectivity index (χ2v) is 4.85. The van der Waals surface area contributed by atoms with E-state index in [1.807, 2.05) is 6.92 Å². The van der Waals surface area contributed by atoms with Crippen molar-refractivity contribution in [3.8, 4) is 5.75 Å². The van der Waals surface area contributed by atoms with Crippen LogP contribution in [0.5, 0.6) is 5.75 Å². The monoisotopic (exact) mass is 273 g/mol. The van der Waals surface area contributed by atoms with Gasteiger partial charge in [-0.05, 0) is 43.5 Å². The number of alkyl halides is 3. The first-order chi connectivity index (χ1) is 8.99. The maximum Gasteiger partial charge on any atom is 0.416 e. The highest BCUT2D eigenvalue weighted by Crippen LogP contribution is 2.30. The number of ether oxygens (including phenoxy) is 1. The van der Waals surface area contributed by atoms with Crippen molar-refractivity contribution in [3.05, 3.63) is 29.8 Å². The quantitative estimate of drug-likeness (QED) is 0.854. The van der Waals surface area contributed by atoms with Gasteiger partial charge in [-0.1, -0.05) is 6.92 Å². The van der Waals surface area contributed by atoms with Gasteiger partial charge in [-0.15, -0.1) is 0 Å². The second-order valence-electron chi connectivity index (χ2n) is 4.85. The Kier molecular flexibility index (Phi) is 4.34. The van der Waals surface area contributed by atoms with Crippen LogP contribution in [0, 0.1) is 0 Å². The van der Waals surface area contributed by atoms with Gasteiger partial charge in [0.1, 0.15) is 11.9 Å². The zero-order valence-electron chi connectivity index (χ0n) is 10.8. The highest BCUT2D eigenvalue weighted by atomic mass is 19.4. The van der Waals surface area contributed by atoms with Crippen LogP contribution in [0.3, 0.4) is 0 Å². The van der Waals surface area contributed by atoms with E-state index < -0.39 is 11.7 Å². The highest BCUT2D eigenvalue weighted by Gasteiger charge is 2.30. The van der Waals surface area contributed by atoms with Crippen molar-refractivity contribution in [2.24, 2.45) is 0 Å². The molecule has 0 aromatic heterocycles. The molecule has 1 aromatic carbocycles. The Morgan fingerprint density at radius 1 is 1.26 bits per heavy atom. The fourth-order valence-electron chi connectivity index (χ4n) is 1.77. The molecule has 1 atom stereocenters. The smallest absolute Gasteiger partial charge is 0.416 e. The maximum absolute atomic E-state index is 12.4. The average molecular weight is 273 g/mol. The van der Waals surface area contributed by atoms with Crippen molar-refractivity contribution in [2.75, 3.05) is 6.54 Å². The summed E-state index contributed by atoms with van der Waals surface area (Å²) in [4.78, 5) is 0. The third-order valence-electron chi connectivity index (χ3n) is 3.15. The number of nitrogens with one attached hydrogen (secondary N) is 1. The first-order valence-corrected chi connectivity index (χ1v) is 6.56. The number of rotatable bonds is 6. The molecule has 19 heavy (non-hydrogen) atoms. The molecule has 1 aromatic rings. The van der Waals surface area contributed by atoms with Crippen molar-refractivity contribution in [1.82, 2.24) is 5.32 Å². The van der Waals surface area contributed by atoms with E-state index >= 15 is 0 Å². The van der Waals surface area contributed by atoms with Crippen molar-refractivity contribution in [3.63, 3.8) is 0 Å². The van der Waals surface area contributed by atoms with Crippen LogP contribution < -0.4 is 10.1 Å². The van der Waals surface area contributed by atoms with E-state index in [1.165, 1.54) is 25.0 Å². The minimum Gasteiger partial charge on any atom is -0.489 e. The molecule has 0 heterocycles. The summed E-state index contributed by atoms with van der Waals surface area (Å²) in [6.45, 7) is 2.74. The van der Waals surface area contributed by atoms with Crippen LogP contribution in [0.2, 0.25) is 0 Å². The molecular formula is C14H18F3NO. The summed E-state index contributed by atoms with van der Waals surface area (Å²) in [5.41, 5.74) is -0.649. The number of hydrogen-bond donors (Lipinski definition) is 1. The van der Waals surface area contributed by atoms with Gasteiger partial charge in [0, 0.05) is 12.6 Å². The number of benzene rings is 1. The van der Waals surface area contributed by atoms with Gasteiger partial charge >= 0.3 is 6.18 Å². The van der Waals surface area contributed by atoms with Gasteiger partial charge in [-0.3, -0.25) is 0 Å². The molecule has 0 aliphatic heterocycles. The Hall–Kier alpha value is -1.23. The topological polar surface area (TPSA) is 21.3 Å². The minimum atomic E-state index is -4.30. The van der Waals surface area contributed by atoms with E-state index in [4.69, 9.17) is 4.74 Å². The van der Waals surface area contributed by atoms with E-state index in [9.17, 15) is 13.2 Å². The Morgan fingerprint density at radius 2 is 1.89 bits per heavy atom. The second kappa shape index (κ2) is 5.82. The number of halogens is 3. The van der Waals surface area contributed by atoms with E-state index in [0.29, 0.717) is 11.8 Å². The van der Waals surface area contributed by atoms with Crippen LogP contribution in [-0.2, 0) is 6.18 Å². The Morgan fingerprint density at radius 3 is 2.37 bits per heavy atom. The lowest BCUT2D eigenvalue weighted by Gasteiger charge is -2.18. The van der Waals surface area contributed by atoms with Crippen LogP contribution >= 0.6 is 0 Å². The van der Waals surface area contributed by atoms with Gasteiger partial charge in [-0.2, -0.15) is 13.2 Å². The predicted octanol–water partition coefficient (Wildman–Crippen LogP) is 3.61. The van der Waals surface area contributed by atoms with Gasteiger partial charge in [0.25, 0.3) is 0 Å². The maximum atomic E-state index is 12.4. The Bertz CT molecular complexity index is 398. The largest absolute Gasteiger partial charge is 0.489 e. The molecule has 1 fully saturated rings. The summed E-state index contributed by atoms with van der Waals surface area (Å²) in [6.07, 6.45) is -1.07. The van der Waals surface area contributed by atoms with Gasteiger partial charge in [0.05, 0.1) is 5.56 Å². The lowest BCUT2D eigenvalue weighted by Crippen LogP contribution is -2.32. The Balaban J connectivity index is 1.89. The van der Waals surface area contributed by atoms with E-state index in [2.05, 4.69) is 5.32 Å². The minimum absolute atomic E-state index is 0.00247. The van der Waals surface area contributed by atoms with Crippen LogP contribution in [0.15, 0.2) is 24.3 Å². The van der Waals surface area contributed by atoms with E-state index in [-0.39, 0.29) is 6.10 Å². The molecule has 1 N–H and O–H groups in total. The third kappa shape index (κ3) is 4.42. The summed E-state index contributed by atoms with van der Waals surface area (Å²) >= 11 is 0. The highest BCUT2D eigenvalue weighted by molar-refractivity contribution is 5.29. The molecule has 1 saturated carbocycles. The van der Waals surface area contributed by atoms with Crippen LogP contribution in [-0.4, -0.2) is 18.7 Å². The standard InChI is InChI=1S/C14H18F3NO/c1-2-12(9-18-11-5-6-11)19-13-7-3-10(4-8-13)14(15,16)17/h3-4,7-8,11-12,18H,2,5-6,9H2,1H3. The summed E-state index contributed by atoms with van der Waals surface area (Å²) in [5, 5.41) is 3.36. The molecule has 0 bridgehead atoms. The number of hydrogen-bond acceptors (Lipinski definition) is 2. The molecule has 0 spiro atoms. The predicted molar refractivity (Wildman–Crippen MR) is 67.2 cm³/mol. The van der Waals surface area contributed by atoms with Gasteiger partial charge in [0.2, 0.25) is 0 Å². The lowest BCUT2D eigenvalue weighted by atomic mass is 10.2. The van der Waals surface area contributed by atoms with Crippen molar-refractivity contribution in [2.45, 2.75) is 44.5 Å². The zero-order valence-corrected chi connectivity index (χ0v) is 10.8. The molecule has 106 valence electrons. The average Bonchev–Trinajstić information content (AvgIpc) is 3.18. The zero-order chi connectivity index (χ0) is 13.9. The molecule has 5 heteroatoms. The fourth-order valence-corrected chi connectivity index (χ4v) is 1.77. The normalized spacial score (nSPS) is 17.3. The van der Waals surface area contributed by atoms with Gasteiger partial charge in [-0.25, -0.2) is 0 Å². The first-order valence-electron chi connectivity index (χ1n) is 6.56. The molecule has 0 saturated heterocycles. The lowest BCUT2D eigenvalue weighted by molar-refractivity contribution is -0.137. The molecule has 2 nitrogen and oxygen atoms in total. The van der Waals surface area contributed by atoms with Crippen LogP contribution in [0.1, 0.15) is 31.7 Å². The molecule has 2 rings (SSSR count). The van der Waals surface area contributed by atoms with E-state index in [1.54, 1.807) is 0 Å². The summed E-state index contributed by atoms with van der Waals surface area (Å²) in [6, 6.07) is 5.46. The molecular weight excluding hydrogens is 255 g/mol. The molecule has 1 aliphatic carbocycles. The molecule has 1 unspecified atom stereocenters.